The monoisotopic (exact) mass is 1120 g/mol. The van der Waals surface area contributed by atoms with Crippen LogP contribution in [0.25, 0.3) is 12.2 Å². The molecule has 83 heavy (non-hydrogen) atoms. The summed E-state index contributed by atoms with van der Waals surface area (Å²) in [6.07, 6.45) is 10.7. The normalized spacial score (nSPS) is 10.7. The van der Waals surface area contributed by atoms with Crippen molar-refractivity contribution in [3.63, 3.8) is 0 Å². The van der Waals surface area contributed by atoms with Crippen LogP contribution in [-0.2, 0) is 61.7 Å². The van der Waals surface area contributed by atoms with Crippen molar-refractivity contribution in [2.45, 2.75) is 78.8 Å². The fraction of sp³-hybridized carbons (Fsp3) is 0.239. The van der Waals surface area contributed by atoms with E-state index in [9.17, 15) is 9.59 Å². The Bertz CT molecular complexity index is 3290. The fourth-order valence-corrected chi connectivity index (χ4v) is 8.68. The maximum absolute atomic E-state index is 12.8. The zero-order chi connectivity index (χ0) is 59.0. The molecule has 8 aromatic carbocycles. The number of aliphatic carboxylic acids is 1. The first-order valence-electron chi connectivity index (χ1n) is 27.8. The van der Waals surface area contributed by atoms with Crippen LogP contribution in [0.15, 0.2) is 194 Å². The zero-order valence-electron chi connectivity index (χ0n) is 48.5. The molecular formula is C71H77NO11. The lowest BCUT2D eigenvalue weighted by atomic mass is 10.0. The van der Waals surface area contributed by atoms with E-state index in [1.54, 1.807) is 40.6 Å². The van der Waals surface area contributed by atoms with Crippen molar-refractivity contribution < 1.29 is 52.6 Å². The Kier molecular flexibility index (Phi) is 26.4. The van der Waals surface area contributed by atoms with Gasteiger partial charge in [0.05, 0.1) is 28.4 Å². The Labute approximate surface area is 489 Å². The van der Waals surface area contributed by atoms with E-state index >= 15 is 0 Å². The predicted octanol–water partition coefficient (Wildman–Crippen LogP) is 14.7. The van der Waals surface area contributed by atoms with Crippen LogP contribution in [0.2, 0.25) is 0 Å². The van der Waals surface area contributed by atoms with Crippen LogP contribution in [0, 0.1) is 0 Å². The molecule has 0 atom stereocenters. The largest absolute Gasteiger partial charge is 0.493 e. The summed E-state index contributed by atoms with van der Waals surface area (Å²) in [6, 6.07) is 59.5. The van der Waals surface area contributed by atoms with Crippen molar-refractivity contribution in [3.05, 3.63) is 250 Å². The lowest BCUT2D eigenvalue weighted by molar-refractivity contribution is -0.131. The van der Waals surface area contributed by atoms with E-state index in [1.165, 1.54) is 0 Å². The van der Waals surface area contributed by atoms with Gasteiger partial charge in [0.2, 0.25) is 0 Å². The second-order valence-corrected chi connectivity index (χ2v) is 19.0. The number of carbonyl (C=O) groups excluding carboxylic acids is 1. The standard InChI is InChI=1S/C36H38O5.C19H20O4.C16H19NO2/c1-4-30-23-34(39-3)36(41-26-29-14-9-6-10-15-29)24-31(30)19-20-32(37)17-11-16-27-18-21-33(38-2)35(22-27)40-25-28-12-7-5-8-13-28;1-3-15-11-17(22-2)18(12-16(15)9-10-19(20)21)23-13-14-7-5-4-6-8-14;1-18-15-8-7-13(9-10-17)11-16(15)19-12-14-5-3-2-4-6-14/h5-10,12-15,18-24H,4,11,16-17,25-26H2,1-3H3;4-12H,3,13H2,1-2H3,(H,20,21);2-8,11H,9-10,12,17H2,1H3/b20-19+;10-9+;. The molecule has 8 rings (SSSR count). The van der Waals surface area contributed by atoms with Crippen molar-refractivity contribution >= 4 is 23.9 Å². The quantitative estimate of drug-likeness (QED) is 0.0449. The zero-order valence-corrected chi connectivity index (χ0v) is 48.5. The van der Waals surface area contributed by atoms with Crippen LogP contribution < -0.4 is 43.6 Å². The summed E-state index contributed by atoms with van der Waals surface area (Å²) in [5.41, 5.74) is 16.1. The highest BCUT2D eigenvalue weighted by molar-refractivity contribution is 5.93. The number of benzene rings is 8. The number of carboxylic acid groups (broad SMARTS) is 1. The van der Waals surface area contributed by atoms with Gasteiger partial charge in [-0.1, -0.05) is 153 Å². The average molecular weight is 1120 g/mol. The molecule has 0 aromatic heterocycles. The molecule has 8 aromatic rings. The molecule has 0 spiro atoms. The third-order valence-electron chi connectivity index (χ3n) is 13.2. The van der Waals surface area contributed by atoms with Crippen molar-refractivity contribution in [2.75, 3.05) is 35.0 Å². The molecular weight excluding hydrogens is 1040 g/mol. The summed E-state index contributed by atoms with van der Waals surface area (Å²) < 4.78 is 45.6. The number of ketones is 1. The summed E-state index contributed by atoms with van der Waals surface area (Å²) in [6.45, 7) is 6.59. The SMILES string of the molecule is CCc1cc(OC)c(OCc2ccccc2)cc1/C=C/C(=O)CCCc1ccc(OC)c(OCc2ccccc2)c1.CCc1cc(OC)c(OCc2ccccc2)cc1/C=C/C(=O)O.COc1ccc(CCN)cc1OCc1ccccc1. The maximum Gasteiger partial charge on any atom is 0.328 e. The number of rotatable bonds is 28. The second-order valence-electron chi connectivity index (χ2n) is 19.0. The van der Waals surface area contributed by atoms with E-state index in [1.807, 2.05) is 195 Å². The topological polar surface area (TPSA) is 154 Å². The lowest BCUT2D eigenvalue weighted by Crippen LogP contribution is -2.04. The molecule has 0 aliphatic heterocycles. The number of allylic oxidation sites excluding steroid dienone is 1. The first kappa shape index (κ1) is 62.9. The molecule has 0 amide bonds. The van der Waals surface area contributed by atoms with E-state index < -0.39 is 5.97 Å². The van der Waals surface area contributed by atoms with Gasteiger partial charge >= 0.3 is 5.97 Å². The van der Waals surface area contributed by atoms with Gasteiger partial charge in [-0.2, -0.15) is 0 Å². The minimum Gasteiger partial charge on any atom is -0.493 e. The smallest absolute Gasteiger partial charge is 0.328 e. The number of methoxy groups -OCH3 is 4. The number of hydrogen-bond donors (Lipinski definition) is 2. The van der Waals surface area contributed by atoms with Gasteiger partial charge in [0.15, 0.2) is 51.8 Å². The van der Waals surface area contributed by atoms with Gasteiger partial charge in [0, 0.05) is 12.5 Å². The Hall–Kier alpha value is -9.26. The van der Waals surface area contributed by atoms with Gasteiger partial charge in [0.25, 0.3) is 0 Å². The van der Waals surface area contributed by atoms with Gasteiger partial charge in [-0.25, -0.2) is 4.79 Å². The number of aryl methyl sites for hydroxylation is 3. The molecule has 0 radical (unpaired) electrons. The third-order valence-corrected chi connectivity index (χ3v) is 13.2. The molecule has 432 valence electrons. The molecule has 0 unspecified atom stereocenters. The Morgan fingerprint density at radius 3 is 1.10 bits per heavy atom. The Balaban J connectivity index is 0.000000221. The Morgan fingerprint density at radius 2 is 0.759 bits per heavy atom. The lowest BCUT2D eigenvalue weighted by Gasteiger charge is -2.14. The molecule has 3 N–H and O–H groups in total. The van der Waals surface area contributed by atoms with E-state index in [0.717, 1.165) is 105 Å². The summed E-state index contributed by atoms with van der Waals surface area (Å²) in [5, 5.41) is 8.82. The van der Waals surface area contributed by atoms with Gasteiger partial charge in [-0.3, -0.25) is 4.79 Å². The molecule has 0 aliphatic rings. The minimum absolute atomic E-state index is 0.0867. The van der Waals surface area contributed by atoms with Crippen molar-refractivity contribution in [2.24, 2.45) is 5.73 Å². The van der Waals surface area contributed by atoms with Crippen molar-refractivity contribution in [3.8, 4) is 46.0 Å². The number of carboxylic acids is 1. The van der Waals surface area contributed by atoms with Crippen LogP contribution in [0.3, 0.4) is 0 Å². The average Bonchev–Trinajstić information content (AvgIpc) is 3.65. The van der Waals surface area contributed by atoms with E-state index in [2.05, 4.69) is 6.92 Å². The molecule has 12 nitrogen and oxygen atoms in total. The number of hydrogen-bond acceptors (Lipinski definition) is 11. The van der Waals surface area contributed by atoms with Crippen molar-refractivity contribution in [1.29, 1.82) is 0 Å². The van der Waals surface area contributed by atoms with Crippen LogP contribution in [-0.4, -0.2) is 51.8 Å². The maximum atomic E-state index is 12.8. The van der Waals surface area contributed by atoms with Gasteiger partial charge in [-0.15, -0.1) is 0 Å². The highest BCUT2D eigenvalue weighted by atomic mass is 16.5. The third kappa shape index (κ3) is 21.0. The van der Waals surface area contributed by atoms with Gasteiger partial charge < -0.3 is 48.7 Å². The van der Waals surface area contributed by atoms with Gasteiger partial charge in [0.1, 0.15) is 26.4 Å². The molecule has 0 saturated carbocycles. The summed E-state index contributed by atoms with van der Waals surface area (Å²) >= 11 is 0. The van der Waals surface area contributed by atoms with Crippen LogP contribution in [0.5, 0.6) is 46.0 Å². The van der Waals surface area contributed by atoms with Crippen LogP contribution in [0.1, 0.15) is 82.3 Å². The molecule has 12 heteroatoms. The second kappa shape index (κ2) is 34.8. The molecule has 0 fully saturated rings. The molecule has 0 aliphatic carbocycles. The minimum atomic E-state index is -0.977. The van der Waals surface area contributed by atoms with Crippen molar-refractivity contribution in [1.82, 2.24) is 0 Å². The fourth-order valence-electron chi connectivity index (χ4n) is 8.68. The molecule has 0 saturated heterocycles. The Morgan fingerprint density at radius 1 is 0.410 bits per heavy atom. The van der Waals surface area contributed by atoms with Crippen LogP contribution >= 0.6 is 0 Å². The highest BCUT2D eigenvalue weighted by Gasteiger charge is 2.14. The molecule has 0 heterocycles. The van der Waals surface area contributed by atoms with Gasteiger partial charge in [-0.05, 0) is 155 Å². The van der Waals surface area contributed by atoms with Crippen LogP contribution in [0.4, 0.5) is 0 Å². The highest BCUT2D eigenvalue weighted by Crippen LogP contribution is 2.35. The number of carbonyl (C=O) groups is 2. The summed E-state index contributed by atoms with van der Waals surface area (Å²) in [4.78, 5) is 23.5. The van der Waals surface area contributed by atoms with E-state index in [4.69, 9.17) is 48.7 Å². The first-order valence-corrected chi connectivity index (χ1v) is 27.8. The first-order chi connectivity index (χ1) is 40.6. The molecule has 0 bridgehead atoms. The predicted molar refractivity (Wildman–Crippen MR) is 330 cm³/mol. The van der Waals surface area contributed by atoms with E-state index in [-0.39, 0.29) is 5.78 Å². The number of ether oxygens (including phenoxy) is 8. The summed E-state index contributed by atoms with van der Waals surface area (Å²) in [5.74, 6) is 4.61. The number of nitrogens with two attached hydrogens (primary N) is 1. The summed E-state index contributed by atoms with van der Waals surface area (Å²) in [7, 11) is 6.52. The van der Waals surface area contributed by atoms with E-state index in [0.29, 0.717) is 73.9 Å².